The highest BCUT2D eigenvalue weighted by atomic mass is 35.5. The summed E-state index contributed by atoms with van der Waals surface area (Å²) in [6, 6.07) is 4.88. The second kappa shape index (κ2) is 6.83. The van der Waals surface area contributed by atoms with E-state index in [1.54, 1.807) is 18.2 Å². The van der Waals surface area contributed by atoms with E-state index in [9.17, 15) is 14.4 Å². The van der Waals surface area contributed by atoms with Gasteiger partial charge in [-0.2, -0.15) is 0 Å². The van der Waals surface area contributed by atoms with Crippen LogP contribution in [0.25, 0.3) is 0 Å². The monoisotopic (exact) mass is 405 g/mol. The van der Waals surface area contributed by atoms with Crippen LogP contribution < -0.4 is 10.6 Å². The van der Waals surface area contributed by atoms with Gasteiger partial charge < -0.3 is 10.1 Å². The lowest BCUT2D eigenvalue weighted by Gasteiger charge is -2.30. The third-order valence-corrected chi connectivity index (χ3v) is 6.25. The van der Waals surface area contributed by atoms with Crippen molar-refractivity contribution in [3.05, 3.63) is 28.8 Å². The number of amides is 3. The third kappa shape index (κ3) is 2.60. The van der Waals surface area contributed by atoms with Gasteiger partial charge in [0.25, 0.3) is 0 Å². The topological polar surface area (TPSA) is 87.7 Å². The molecule has 3 amide bonds. The van der Waals surface area contributed by atoms with Gasteiger partial charge in [-0.3, -0.25) is 24.6 Å². The van der Waals surface area contributed by atoms with Crippen molar-refractivity contribution in [1.82, 2.24) is 10.2 Å². The summed E-state index contributed by atoms with van der Waals surface area (Å²) < 4.78 is 5.07. The molecule has 2 N–H and O–H groups in total. The number of benzene rings is 1. The molecule has 8 heteroatoms. The standard InChI is InChI=1S/C20H24ClN3O4/c1-10(2)8-14-15-16(18(26)24(17(15)25)6-7-28-3)20(23-14)12-9-11(21)4-5-13(12)22-19(20)27/h4-5,9-10,14-16,23H,6-8H2,1-3H3,(H,22,27)/t14-,15+,16-,20-/m0/s1. The quantitative estimate of drug-likeness (QED) is 0.729. The van der Waals surface area contributed by atoms with Crippen LogP contribution in [0.4, 0.5) is 5.69 Å². The van der Waals surface area contributed by atoms with Gasteiger partial charge in [0, 0.05) is 29.4 Å². The Labute approximate surface area is 168 Å². The number of hydrogen-bond acceptors (Lipinski definition) is 5. The molecule has 0 radical (unpaired) electrons. The van der Waals surface area contributed by atoms with Crippen molar-refractivity contribution < 1.29 is 19.1 Å². The molecular formula is C20H24ClN3O4. The lowest BCUT2D eigenvalue weighted by Crippen LogP contribution is -2.53. The molecule has 28 heavy (non-hydrogen) atoms. The van der Waals surface area contributed by atoms with E-state index in [0.29, 0.717) is 28.6 Å². The van der Waals surface area contributed by atoms with Crippen molar-refractivity contribution in [2.24, 2.45) is 17.8 Å². The molecule has 1 spiro atoms. The summed E-state index contributed by atoms with van der Waals surface area (Å²) in [6.45, 7) is 4.58. The summed E-state index contributed by atoms with van der Waals surface area (Å²) in [5.41, 5.74) is -0.0126. The highest BCUT2D eigenvalue weighted by Crippen LogP contribution is 2.54. The maximum absolute atomic E-state index is 13.3. The molecule has 3 heterocycles. The van der Waals surface area contributed by atoms with Crippen LogP contribution in [0.3, 0.4) is 0 Å². The van der Waals surface area contributed by atoms with Crippen molar-refractivity contribution in [2.75, 3.05) is 25.6 Å². The molecule has 3 aliphatic rings. The van der Waals surface area contributed by atoms with Crippen molar-refractivity contribution in [2.45, 2.75) is 31.8 Å². The molecule has 2 saturated heterocycles. The minimum Gasteiger partial charge on any atom is -0.383 e. The minimum absolute atomic E-state index is 0.190. The van der Waals surface area contributed by atoms with Crippen LogP contribution in [0.5, 0.6) is 0 Å². The molecule has 3 aliphatic heterocycles. The van der Waals surface area contributed by atoms with Crippen LogP contribution in [-0.4, -0.2) is 48.9 Å². The Bertz CT molecular complexity index is 858. The van der Waals surface area contributed by atoms with E-state index in [1.807, 2.05) is 0 Å². The van der Waals surface area contributed by atoms with Crippen molar-refractivity contribution >= 4 is 35.0 Å². The van der Waals surface area contributed by atoms with E-state index >= 15 is 0 Å². The fourth-order valence-electron chi connectivity index (χ4n) is 4.95. The number of imide groups is 1. The number of hydrogen-bond donors (Lipinski definition) is 2. The molecule has 4 rings (SSSR count). The average Bonchev–Trinajstić information content (AvgIpc) is 3.19. The Morgan fingerprint density at radius 2 is 2.00 bits per heavy atom. The molecule has 0 aromatic heterocycles. The number of carbonyl (C=O) groups excluding carboxylic acids is 3. The summed E-state index contributed by atoms with van der Waals surface area (Å²) in [7, 11) is 1.53. The molecule has 0 saturated carbocycles. The largest absolute Gasteiger partial charge is 0.383 e. The molecule has 0 bridgehead atoms. The maximum atomic E-state index is 13.3. The van der Waals surface area contributed by atoms with Gasteiger partial charge in [-0.25, -0.2) is 0 Å². The summed E-state index contributed by atoms with van der Waals surface area (Å²) >= 11 is 6.21. The van der Waals surface area contributed by atoms with Gasteiger partial charge in [-0.1, -0.05) is 25.4 Å². The summed E-state index contributed by atoms with van der Waals surface area (Å²) in [6.07, 6.45) is 0.684. The Morgan fingerprint density at radius 3 is 2.68 bits per heavy atom. The van der Waals surface area contributed by atoms with Crippen molar-refractivity contribution in [3.63, 3.8) is 0 Å². The smallest absolute Gasteiger partial charge is 0.250 e. The molecule has 1 aromatic carbocycles. The molecule has 150 valence electrons. The minimum atomic E-state index is -1.28. The van der Waals surface area contributed by atoms with Crippen LogP contribution in [0.2, 0.25) is 5.02 Å². The summed E-state index contributed by atoms with van der Waals surface area (Å²) in [5, 5.41) is 6.75. The first-order valence-corrected chi connectivity index (χ1v) is 9.92. The number of rotatable bonds is 5. The fourth-order valence-corrected chi connectivity index (χ4v) is 5.12. The number of halogens is 1. The van der Waals surface area contributed by atoms with Gasteiger partial charge in [-0.05, 0) is 30.5 Å². The van der Waals surface area contributed by atoms with Gasteiger partial charge in [-0.15, -0.1) is 0 Å². The van der Waals surface area contributed by atoms with Gasteiger partial charge in [0.1, 0.15) is 5.54 Å². The van der Waals surface area contributed by atoms with E-state index < -0.39 is 17.4 Å². The summed E-state index contributed by atoms with van der Waals surface area (Å²) in [5.74, 6) is -1.94. The van der Waals surface area contributed by atoms with Crippen molar-refractivity contribution in [1.29, 1.82) is 0 Å². The molecular weight excluding hydrogens is 382 g/mol. The van der Waals surface area contributed by atoms with E-state index in [4.69, 9.17) is 16.3 Å². The zero-order chi connectivity index (χ0) is 20.2. The van der Waals surface area contributed by atoms with E-state index in [2.05, 4.69) is 24.5 Å². The van der Waals surface area contributed by atoms with Gasteiger partial charge in [0.2, 0.25) is 17.7 Å². The van der Waals surface area contributed by atoms with Crippen LogP contribution >= 0.6 is 11.6 Å². The van der Waals surface area contributed by atoms with Gasteiger partial charge >= 0.3 is 0 Å². The zero-order valence-corrected chi connectivity index (χ0v) is 16.9. The lowest BCUT2D eigenvalue weighted by atomic mass is 9.76. The maximum Gasteiger partial charge on any atom is 0.250 e. The van der Waals surface area contributed by atoms with Crippen LogP contribution in [-0.2, 0) is 24.7 Å². The van der Waals surface area contributed by atoms with Crippen LogP contribution in [0.1, 0.15) is 25.8 Å². The van der Waals surface area contributed by atoms with Crippen molar-refractivity contribution in [3.8, 4) is 0 Å². The van der Waals surface area contributed by atoms with E-state index in [0.717, 1.165) is 0 Å². The summed E-state index contributed by atoms with van der Waals surface area (Å²) in [4.78, 5) is 40.9. The molecule has 4 atom stereocenters. The highest BCUT2D eigenvalue weighted by molar-refractivity contribution is 6.31. The first kappa shape index (κ1) is 19.4. The lowest BCUT2D eigenvalue weighted by molar-refractivity contribution is -0.143. The van der Waals surface area contributed by atoms with E-state index in [1.165, 1.54) is 12.0 Å². The Morgan fingerprint density at radius 1 is 1.25 bits per heavy atom. The molecule has 1 aromatic rings. The Balaban J connectivity index is 1.84. The zero-order valence-electron chi connectivity index (χ0n) is 16.1. The number of nitrogens with zero attached hydrogens (tertiary/aromatic N) is 1. The molecule has 2 fully saturated rings. The number of fused-ring (bicyclic) bond motifs is 4. The first-order chi connectivity index (χ1) is 13.3. The normalized spacial score (nSPS) is 31.1. The van der Waals surface area contributed by atoms with Crippen LogP contribution in [0.15, 0.2) is 18.2 Å². The number of methoxy groups -OCH3 is 1. The SMILES string of the molecule is COCCN1C(=O)[C@@H]2[C@H](CC(C)C)N[C@]3(C(=O)Nc4ccc(Cl)cc43)[C@@H]2C1=O. The predicted octanol–water partition coefficient (Wildman–Crippen LogP) is 1.75. The second-order valence-corrected chi connectivity index (χ2v) is 8.59. The molecule has 0 unspecified atom stereocenters. The molecule has 0 aliphatic carbocycles. The predicted molar refractivity (Wildman–Crippen MR) is 104 cm³/mol. The Kier molecular flexibility index (Phi) is 4.72. The third-order valence-electron chi connectivity index (χ3n) is 6.01. The van der Waals surface area contributed by atoms with Gasteiger partial charge in [0.15, 0.2) is 0 Å². The average molecular weight is 406 g/mol. The second-order valence-electron chi connectivity index (χ2n) is 8.16. The van der Waals surface area contributed by atoms with Gasteiger partial charge in [0.05, 0.1) is 25.0 Å². The van der Waals surface area contributed by atoms with E-state index in [-0.39, 0.29) is 36.9 Å². The number of likely N-dealkylation sites (tertiary alicyclic amines) is 1. The fraction of sp³-hybridized carbons (Fsp3) is 0.550. The highest BCUT2D eigenvalue weighted by Gasteiger charge is 2.70. The number of ether oxygens (including phenoxy) is 1. The number of anilines is 1. The van der Waals surface area contributed by atoms with Crippen LogP contribution in [0, 0.1) is 17.8 Å². The molecule has 7 nitrogen and oxygen atoms in total. The first-order valence-electron chi connectivity index (χ1n) is 9.54. The Hall–Kier alpha value is -1.96. The number of carbonyl (C=O) groups is 3. The number of nitrogens with one attached hydrogen (secondary N) is 2.